The lowest BCUT2D eigenvalue weighted by Crippen LogP contribution is -2.45. The molecule has 0 bridgehead atoms. The Morgan fingerprint density at radius 1 is 0.800 bits per heavy atom. The van der Waals surface area contributed by atoms with E-state index in [0.29, 0.717) is 17.4 Å². The van der Waals surface area contributed by atoms with Crippen LogP contribution in [0.2, 0.25) is 0 Å². The molecule has 0 saturated carbocycles. The van der Waals surface area contributed by atoms with Crippen molar-refractivity contribution >= 4 is 11.9 Å². The van der Waals surface area contributed by atoms with Gasteiger partial charge in [0.25, 0.3) is 0 Å². The Bertz CT molecular complexity index is 461. The number of carbonyl (C=O) groups excluding carboxylic acids is 1. The topological polar surface area (TPSA) is 66.4 Å². The number of carboxylic acid groups (broad SMARTS) is 1. The molecule has 1 amide bonds. The van der Waals surface area contributed by atoms with Crippen molar-refractivity contribution in [2.75, 3.05) is 33.7 Å². The van der Waals surface area contributed by atoms with E-state index in [-0.39, 0.29) is 12.5 Å². The first kappa shape index (κ1) is 28.6. The van der Waals surface area contributed by atoms with Gasteiger partial charge in [0.05, 0.1) is 20.6 Å². The summed E-state index contributed by atoms with van der Waals surface area (Å²) in [6.07, 6.45) is 22.5. The molecular weight excluding hydrogens is 376 g/mol. The Hall–Kier alpha value is -1.36. The lowest BCUT2D eigenvalue weighted by molar-refractivity contribution is -0.883. The van der Waals surface area contributed by atoms with Crippen molar-refractivity contribution in [3.05, 3.63) is 12.2 Å². The van der Waals surface area contributed by atoms with E-state index in [9.17, 15) is 9.59 Å². The zero-order valence-electron chi connectivity index (χ0n) is 20.1. The molecule has 0 aromatic heterocycles. The quantitative estimate of drug-likeness (QED) is 0.141. The van der Waals surface area contributed by atoms with Crippen LogP contribution in [-0.2, 0) is 9.59 Å². The Kier molecular flexibility index (Phi) is 18.7. The van der Waals surface area contributed by atoms with Crippen LogP contribution in [0.3, 0.4) is 0 Å². The fourth-order valence-corrected chi connectivity index (χ4v) is 3.62. The molecule has 0 spiro atoms. The monoisotopic (exact) mass is 425 g/mol. The molecular formula is C25H49N2O3+. The summed E-state index contributed by atoms with van der Waals surface area (Å²) in [5.41, 5.74) is 0. The van der Waals surface area contributed by atoms with Gasteiger partial charge in [-0.3, -0.25) is 4.79 Å². The molecule has 0 heterocycles. The predicted molar refractivity (Wildman–Crippen MR) is 127 cm³/mol. The second-order valence-corrected chi connectivity index (χ2v) is 9.25. The maximum Gasteiger partial charge on any atom is 0.359 e. The minimum Gasteiger partial charge on any atom is -0.477 e. The van der Waals surface area contributed by atoms with Crippen LogP contribution in [0.25, 0.3) is 0 Å². The van der Waals surface area contributed by atoms with Crippen LogP contribution in [0.5, 0.6) is 0 Å². The van der Waals surface area contributed by atoms with Gasteiger partial charge in [0.1, 0.15) is 0 Å². The van der Waals surface area contributed by atoms with Crippen molar-refractivity contribution in [3.8, 4) is 0 Å². The van der Waals surface area contributed by atoms with Gasteiger partial charge in [-0.1, -0.05) is 70.4 Å². The third-order valence-electron chi connectivity index (χ3n) is 5.49. The van der Waals surface area contributed by atoms with Crippen LogP contribution in [-0.4, -0.2) is 55.2 Å². The highest BCUT2D eigenvalue weighted by molar-refractivity contribution is 5.75. The number of allylic oxidation sites excluding steroid dienone is 2. The van der Waals surface area contributed by atoms with Crippen molar-refractivity contribution in [1.82, 2.24) is 5.32 Å². The Morgan fingerprint density at radius 3 is 1.90 bits per heavy atom. The first-order chi connectivity index (χ1) is 14.4. The van der Waals surface area contributed by atoms with E-state index >= 15 is 0 Å². The molecule has 30 heavy (non-hydrogen) atoms. The summed E-state index contributed by atoms with van der Waals surface area (Å²) in [5.74, 6) is -0.663. The van der Waals surface area contributed by atoms with E-state index in [0.717, 1.165) is 25.8 Å². The van der Waals surface area contributed by atoms with Crippen LogP contribution in [0.1, 0.15) is 103 Å². The van der Waals surface area contributed by atoms with Gasteiger partial charge >= 0.3 is 5.97 Å². The molecule has 0 unspecified atom stereocenters. The van der Waals surface area contributed by atoms with Gasteiger partial charge in [0.2, 0.25) is 5.91 Å². The largest absolute Gasteiger partial charge is 0.477 e. The molecule has 2 N–H and O–H groups in total. The molecule has 0 saturated heterocycles. The third-order valence-corrected chi connectivity index (χ3v) is 5.49. The lowest BCUT2D eigenvalue weighted by atomic mass is 10.1. The number of nitrogens with zero attached hydrogens (tertiary/aromatic N) is 1. The molecule has 0 aromatic carbocycles. The van der Waals surface area contributed by atoms with Gasteiger partial charge in [-0.25, -0.2) is 4.79 Å². The van der Waals surface area contributed by atoms with Gasteiger partial charge in [-0.2, -0.15) is 0 Å². The van der Waals surface area contributed by atoms with Crippen LogP contribution < -0.4 is 5.32 Å². The number of nitrogens with one attached hydrogen (secondary N) is 1. The maximum atomic E-state index is 11.9. The van der Waals surface area contributed by atoms with Gasteiger partial charge in [-0.15, -0.1) is 0 Å². The summed E-state index contributed by atoms with van der Waals surface area (Å²) in [7, 11) is 3.81. The summed E-state index contributed by atoms with van der Waals surface area (Å²) in [6, 6.07) is 0. The average molecular weight is 426 g/mol. The Morgan fingerprint density at radius 2 is 1.33 bits per heavy atom. The molecule has 0 rings (SSSR count). The van der Waals surface area contributed by atoms with Crippen molar-refractivity contribution in [2.45, 2.75) is 103 Å². The van der Waals surface area contributed by atoms with Crippen molar-refractivity contribution in [2.24, 2.45) is 0 Å². The third kappa shape index (κ3) is 21.4. The van der Waals surface area contributed by atoms with Gasteiger partial charge < -0.3 is 14.9 Å². The number of hydrogen-bond donors (Lipinski definition) is 2. The summed E-state index contributed by atoms with van der Waals surface area (Å²) < 4.78 is 0.444. The summed E-state index contributed by atoms with van der Waals surface area (Å²) in [4.78, 5) is 22.6. The smallest absolute Gasteiger partial charge is 0.359 e. The van der Waals surface area contributed by atoms with Crippen molar-refractivity contribution in [3.63, 3.8) is 0 Å². The van der Waals surface area contributed by atoms with Crippen LogP contribution in [0, 0.1) is 0 Å². The number of likely N-dealkylation sites (N-methyl/N-ethyl adjacent to an activating group) is 1. The number of carbonyl (C=O) groups is 2. The second-order valence-electron chi connectivity index (χ2n) is 9.25. The highest BCUT2D eigenvalue weighted by Crippen LogP contribution is 2.10. The van der Waals surface area contributed by atoms with E-state index in [1.165, 1.54) is 70.6 Å². The number of carboxylic acids is 1. The van der Waals surface area contributed by atoms with Gasteiger partial charge in [0.15, 0.2) is 6.54 Å². The van der Waals surface area contributed by atoms with Gasteiger partial charge in [-0.05, 0) is 32.1 Å². The molecule has 0 radical (unpaired) electrons. The number of hydrogen-bond acceptors (Lipinski definition) is 2. The van der Waals surface area contributed by atoms with E-state index in [2.05, 4.69) is 24.4 Å². The summed E-state index contributed by atoms with van der Waals surface area (Å²) in [6.45, 7) is 3.76. The molecule has 5 heteroatoms. The fourth-order valence-electron chi connectivity index (χ4n) is 3.62. The predicted octanol–water partition coefficient (Wildman–Crippen LogP) is 5.69. The SMILES string of the molecule is CCCCCCCC/C=C/CCCCCCCC(=O)NCCC[N+](C)(C)CC(=O)O. The molecule has 0 fully saturated rings. The average Bonchev–Trinajstić information content (AvgIpc) is 2.67. The fraction of sp³-hybridized carbons (Fsp3) is 0.840. The van der Waals surface area contributed by atoms with Crippen molar-refractivity contribution in [1.29, 1.82) is 0 Å². The molecule has 5 nitrogen and oxygen atoms in total. The summed E-state index contributed by atoms with van der Waals surface area (Å²) in [5, 5.41) is 11.8. The van der Waals surface area contributed by atoms with Gasteiger partial charge in [0, 0.05) is 19.4 Å². The number of unbranched alkanes of at least 4 members (excludes halogenated alkanes) is 11. The molecule has 0 aliphatic rings. The summed E-state index contributed by atoms with van der Waals surface area (Å²) >= 11 is 0. The van der Waals surface area contributed by atoms with Crippen LogP contribution >= 0.6 is 0 Å². The maximum absolute atomic E-state index is 11.9. The molecule has 0 aliphatic carbocycles. The molecule has 176 valence electrons. The molecule has 0 aliphatic heterocycles. The van der Waals surface area contributed by atoms with E-state index in [4.69, 9.17) is 5.11 Å². The Labute approximate surface area is 185 Å². The minimum absolute atomic E-state index is 0.114. The van der Waals surface area contributed by atoms with Crippen LogP contribution in [0.4, 0.5) is 0 Å². The Balaban J connectivity index is 3.39. The standard InChI is InChI=1S/C25H48N2O3/c1-4-5-6-7-8-9-10-11-12-13-14-15-16-17-18-20-24(28)26-21-19-22-27(2,3)23-25(29)30/h11-12H,4-10,13-23H2,1-3H3,(H-,26,28,29,30)/p+1/b12-11+. The number of quaternary nitrogens is 1. The first-order valence-corrected chi connectivity index (χ1v) is 12.3. The highest BCUT2D eigenvalue weighted by atomic mass is 16.4. The highest BCUT2D eigenvalue weighted by Gasteiger charge is 2.18. The number of aliphatic carboxylic acids is 1. The van der Waals surface area contributed by atoms with E-state index in [1.807, 2.05) is 14.1 Å². The molecule has 0 atom stereocenters. The lowest BCUT2D eigenvalue weighted by Gasteiger charge is -2.27. The normalized spacial score (nSPS) is 11.8. The minimum atomic E-state index is -0.784. The second kappa shape index (κ2) is 19.6. The first-order valence-electron chi connectivity index (χ1n) is 12.3. The zero-order chi connectivity index (χ0) is 22.5. The zero-order valence-corrected chi connectivity index (χ0v) is 20.1. The van der Waals surface area contributed by atoms with Crippen LogP contribution in [0.15, 0.2) is 12.2 Å². The van der Waals surface area contributed by atoms with E-state index < -0.39 is 5.97 Å². The number of rotatable bonds is 21. The van der Waals surface area contributed by atoms with E-state index in [1.54, 1.807) is 0 Å². The number of amides is 1. The molecule has 0 aromatic rings. The van der Waals surface area contributed by atoms with Crippen molar-refractivity contribution < 1.29 is 19.2 Å².